The maximum absolute atomic E-state index is 11.5. The van der Waals surface area contributed by atoms with Crippen LogP contribution in [0, 0.1) is 0 Å². The smallest absolute Gasteiger partial charge is 0.419 e. The van der Waals surface area contributed by atoms with Crippen molar-refractivity contribution in [3.05, 3.63) is 0 Å². The number of amides is 2. The van der Waals surface area contributed by atoms with Crippen molar-refractivity contribution < 1.29 is 28.6 Å². The van der Waals surface area contributed by atoms with E-state index >= 15 is 0 Å². The number of esters is 1. The summed E-state index contributed by atoms with van der Waals surface area (Å²) < 4.78 is 14.1. The summed E-state index contributed by atoms with van der Waals surface area (Å²) in [6.07, 6.45) is -1.76. The highest BCUT2D eigenvalue weighted by Crippen LogP contribution is 2.01. The Kier molecular flexibility index (Phi) is 8.34. The molecule has 0 aliphatic rings. The summed E-state index contributed by atoms with van der Waals surface area (Å²) in [5.74, 6) is -0.490. The number of nitrogens with zero attached hydrogens (tertiary/aromatic N) is 1. The van der Waals surface area contributed by atoms with Crippen LogP contribution in [0.15, 0.2) is 0 Å². The second kappa shape index (κ2) is 9.26. The number of hydrogen-bond acceptors (Lipinski definition) is 6. The first-order valence-corrected chi connectivity index (χ1v) is 5.83. The fourth-order valence-corrected chi connectivity index (χ4v) is 1.10. The number of carbonyl (C=O) groups is 3. The molecule has 0 aliphatic carbocycles. The fraction of sp³-hybridized carbons (Fsp3) is 0.727. The molecule has 0 heterocycles. The van der Waals surface area contributed by atoms with Crippen LogP contribution in [0.1, 0.15) is 27.2 Å². The van der Waals surface area contributed by atoms with Crippen molar-refractivity contribution >= 4 is 18.2 Å². The van der Waals surface area contributed by atoms with E-state index in [1.54, 1.807) is 20.8 Å². The Morgan fingerprint density at radius 2 is 1.28 bits per heavy atom. The van der Waals surface area contributed by atoms with E-state index in [0.717, 1.165) is 4.90 Å². The highest BCUT2D eigenvalue weighted by Gasteiger charge is 2.24. The van der Waals surface area contributed by atoms with Crippen molar-refractivity contribution in [2.45, 2.75) is 27.2 Å². The highest BCUT2D eigenvalue weighted by atomic mass is 16.6. The molecule has 0 unspecified atom stereocenters. The van der Waals surface area contributed by atoms with Crippen LogP contribution in [0.2, 0.25) is 0 Å². The van der Waals surface area contributed by atoms with Gasteiger partial charge in [-0.05, 0) is 20.8 Å². The molecule has 7 heteroatoms. The molecular formula is C11H19NO6. The third-order valence-electron chi connectivity index (χ3n) is 1.82. The predicted molar refractivity (Wildman–Crippen MR) is 62.0 cm³/mol. The molecule has 0 saturated carbocycles. The van der Waals surface area contributed by atoms with Gasteiger partial charge in [0.15, 0.2) is 0 Å². The molecule has 0 bridgehead atoms. The molecule has 0 aliphatic heterocycles. The Labute approximate surface area is 106 Å². The second-order valence-corrected chi connectivity index (χ2v) is 3.10. The van der Waals surface area contributed by atoms with Crippen molar-refractivity contribution in [1.82, 2.24) is 4.90 Å². The zero-order valence-electron chi connectivity index (χ0n) is 10.9. The Balaban J connectivity index is 4.42. The largest absolute Gasteiger partial charge is 0.466 e. The highest BCUT2D eigenvalue weighted by molar-refractivity contribution is 5.88. The van der Waals surface area contributed by atoms with E-state index in [-0.39, 0.29) is 32.8 Å². The van der Waals surface area contributed by atoms with Crippen molar-refractivity contribution in [2.75, 3.05) is 26.4 Å². The molecule has 7 nitrogen and oxygen atoms in total. The summed E-state index contributed by atoms with van der Waals surface area (Å²) >= 11 is 0. The van der Waals surface area contributed by atoms with E-state index in [1.165, 1.54) is 0 Å². The average molecular weight is 261 g/mol. The van der Waals surface area contributed by atoms with Gasteiger partial charge in [0.05, 0.1) is 26.2 Å². The topological polar surface area (TPSA) is 82.1 Å². The van der Waals surface area contributed by atoms with Crippen LogP contribution in [0.25, 0.3) is 0 Å². The van der Waals surface area contributed by atoms with Gasteiger partial charge in [0.25, 0.3) is 0 Å². The van der Waals surface area contributed by atoms with Crippen LogP contribution in [0.4, 0.5) is 9.59 Å². The van der Waals surface area contributed by atoms with E-state index in [0.29, 0.717) is 0 Å². The van der Waals surface area contributed by atoms with Gasteiger partial charge in [0, 0.05) is 6.54 Å². The third-order valence-corrected chi connectivity index (χ3v) is 1.82. The first-order valence-electron chi connectivity index (χ1n) is 5.83. The molecule has 0 atom stereocenters. The zero-order chi connectivity index (χ0) is 14.0. The maximum atomic E-state index is 11.5. The van der Waals surface area contributed by atoms with Crippen molar-refractivity contribution in [3.63, 3.8) is 0 Å². The minimum absolute atomic E-state index is 0.0918. The van der Waals surface area contributed by atoms with Crippen LogP contribution < -0.4 is 0 Å². The SMILES string of the molecule is CCOC(=O)CCN(C(=O)OCC)C(=O)OCC. The normalized spacial score (nSPS) is 9.50. The first kappa shape index (κ1) is 16.2. The van der Waals surface area contributed by atoms with Crippen LogP contribution in [0.3, 0.4) is 0 Å². The van der Waals surface area contributed by atoms with Crippen molar-refractivity contribution in [2.24, 2.45) is 0 Å². The van der Waals surface area contributed by atoms with Gasteiger partial charge in [-0.2, -0.15) is 0 Å². The van der Waals surface area contributed by atoms with E-state index in [9.17, 15) is 14.4 Å². The van der Waals surface area contributed by atoms with Crippen molar-refractivity contribution in [1.29, 1.82) is 0 Å². The van der Waals surface area contributed by atoms with Gasteiger partial charge in [-0.1, -0.05) is 0 Å². The molecule has 2 amide bonds. The third kappa shape index (κ3) is 6.07. The van der Waals surface area contributed by atoms with E-state index in [2.05, 4.69) is 0 Å². The summed E-state index contributed by atoms with van der Waals surface area (Å²) in [7, 11) is 0. The fourth-order valence-electron chi connectivity index (χ4n) is 1.10. The quantitative estimate of drug-likeness (QED) is 0.533. The minimum atomic E-state index is -0.833. The molecule has 0 saturated heterocycles. The van der Waals surface area contributed by atoms with Crippen molar-refractivity contribution in [3.8, 4) is 0 Å². The van der Waals surface area contributed by atoms with Gasteiger partial charge in [-0.3, -0.25) is 4.79 Å². The second-order valence-electron chi connectivity index (χ2n) is 3.10. The van der Waals surface area contributed by atoms with Crippen LogP contribution in [-0.2, 0) is 19.0 Å². The predicted octanol–water partition coefficient (Wildman–Crippen LogP) is 1.55. The number of ether oxygens (including phenoxy) is 3. The van der Waals surface area contributed by atoms with Crippen LogP contribution in [-0.4, -0.2) is 49.4 Å². The Hall–Kier alpha value is -1.79. The standard InChI is InChI=1S/C11H19NO6/c1-4-16-9(13)7-8-12(10(14)17-5-2)11(15)18-6-3/h4-8H2,1-3H3. The molecule has 18 heavy (non-hydrogen) atoms. The van der Waals surface area contributed by atoms with Gasteiger partial charge in [-0.25, -0.2) is 14.5 Å². The first-order chi connectivity index (χ1) is 8.56. The lowest BCUT2D eigenvalue weighted by Crippen LogP contribution is -2.39. The molecule has 0 aromatic carbocycles. The molecule has 0 rings (SSSR count). The molecule has 0 aromatic rings. The molecule has 0 N–H and O–H groups in total. The lowest BCUT2D eigenvalue weighted by molar-refractivity contribution is -0.143. The monoisotopic (exact) mass is 261 g/mol. The Bertz CT molecular complexity index is 273. The molecule has 0 aromatic heterocycles. The van der Waals surface area contributed by atoms with Gasteiger partial charge in [0.1, 0.15) is 0 Å². The maximum Gasteiger partial charge on any atom is 0.419 e. The van der Waals surface area contributed by atoms with Gasteiger partial charge in [-0.15, -0.1) is 0 Å². The van der Waals surface area contributed by atoms with Crippen LogP contribution >= 0.6 is 0 Å². The number of rotatable bonds is 6. The molecule has 0 spiro atoms. The summed E-state index contributed by atoms with van der Waals surface area (Å²) in [6.45, 7) is 5.29. The number of carbonyl (C=O) groups excluding carboxylic acids is 3. The molecular weight excluding hydrogens is 242 g/mol. The minimum Gasteiger partial charge on any atom is -0.466 e. The van der Waals surface area contributed by atoms with Gasteiger partial charge >= 0.3 is 18.2 Å². The summed E-state index contributed by atoms with van der Waals surface area (Å²) in [4.78, 5) is 34.9. The molecule has 0 radical (unpaired) electrons. The number of imide groups is 1. The average Bonchev–Trinajstić information content (AvgIpc) is 2.30. The van der Waals surface area contributed by atoms with E-state index in [4.69, 9.17) is 14.2 Å². The van der Waals surface area contributed by atoms with Gasteiger partial charge < -0.3 is 14.2 Å². The summed E-state index contributed by atoms with van der Waals surface area (Å²) in [5, 5.41) is 0. The molecule has 104 valence electrons. The molecule has 0 fully saturated rings. The number of hydrogen-bond donors (Lipinski definition) is 0. The van der Waals surface area contributed by atoms with E-state index < -0.39 is 18.2 Å². The van der Waals surface area contributed by atoms with Crippen LogP contribution in [0.5, 0.6) is 0 Å². The Morgan fingerprint density at radius 3 is 1.67 bits per heavy atom. The lowest BCUT2D eigenvalue weighted by Gasteiger charge is -2.18. The zero-order valence-corrected chi connectivity index (χ0v) is 10.9. The van der Waals surface area contributed by atoms with E-state index in [1.807, 2.05) is 0 Å². The summed E-state index contributed by atoms with van der Waals surface area (Å²) in [6, 6.07) is 0. The van der Waals surface area contributed by atoms with Gasteiger partial charge in [0.2, 0.25) is 0 Å². The Morgan fingerprint density at radius 1 is 0.833 bits per heavy atom. The lowest BCUT2D eigenvalue weighted by atomic mass is 10.4. The summed E-state index contributed by atoms with van der Waals surface area (Å²) in [5.41, 5.74) is 0.